The second kappa shape index (κ2) is 8.28. The third-order valence-corrected chi connectivity index (χ3v) is 6.74. The Kier molecular flexibility index (Phi) is 6.40. The first-order chi connectivity index (χ1) is 9.93. The second-order valence-electron chi connectivity index (χ2n) is 6.13. The van der Waals surface area contributed by atoms with Gasteiger partial charge in [-0.25, -0.2) is 0 Å². The smallest absolute Gasteiger partial charge is 0.0700 e. The lowest BCUT2D eigenvalue weighted by Crippen LogP contribution is -2.38. The van der Waals surface area contributed by atoms with Gasteiger partial charge in [-0.2, -0.15) is 0 Å². The van der Waals surface area contributed by atoms with Crippen molar-refractivity contribution >= 4 is 23.5 Å². The Morgan fingerprint density at radius 1 is 0.800 bits per heavy atom. The maximum absolute atomic E-state index is 5.59. The van der Waals surface area contributed by atoms with Crippen LogP contribution < -0.4 is 0 Å². The molecule has 1 saturated heterocycles. The summed E-state index contributed by atoms with van der Waals surface area (Å²) in [6.07, 6.45) is 5.94. The highest BCUT2D eigenvalue weighted by Crippen LogP contribution is 2.47. The molecule has 0 amide bonds. The molecule has 2 bridgehead atoms. The fourth-order valence-electron chi connectivity index (χ4n) is 3.81. The maximum atomic E-state index is 5.59. The molecule has 2 saturated carbocycles. The van der Waals surface area contributed by atoms with E-state index in [2.05, 4.69) is 4.90 Å². The summed E-state index contributed by atoms with van der Waals surface area (Å²) in [6, 6.07) is 0.862. The van der Waals surface area contributed by atoms with Crippen LogP contribution in [-0.2, 0) is 9.47 Å². The third-order valence-electron chi connectivity index (χ3n) is 4.80. The molecule has 3 rings (SSSR count). The molecule has 3 atom stereocenters. The van der Waals surface area contributed by atoms with Crippen molar-refractivity contribution < 1.29 is 9.47 Å². The van der Waals surface area contributed by atoms with Crippen LogP contribution in [0.3, 0.4) is 0 Å². The van der Waals surface area contributed by atoms with Gasteiger partial charge in [0.1, 0.15) is 0 Å². The molecule has 0 aromatic rings. The van der Waals surface area contributed by atoms with E-state index in [1.54, 1.807) is 0 Å². The lowest BCUT2D eigenvalue weighted by atomic mass is 9.95. The summed E-state index contributed by atoms with van der Waals surface area (Å²) >= 11 is 4.09. The van der Waals surface area contributed by atoms with E-state index >= 15 is 0 Å². The fraction of sp³-hybridized carbons (Fsp3) is 1.00. The fourth-order valence-corrected chi connectivity index (χ4v) is 5.69. The van der Waals surface area contributed by atoms with E-state index in [-0.39, 0.29) is 0 Å². The number of fused-ring (bicyclic) bond motifs is 2. The molecular weight excluding hydrogens is 290 g/mol. The number of hydrogen-bond donors (Lipinski definition) is 0. The summed E-state index contributed by atoms with van der Waals surface area (Å²) < 4.78 is 11.2. The van der Waals surface area contributed by atoms with E-state index in [4.69, 9.17) is 9.47 Å². The Bertz CT molecular complexity index is 279. The van der Waals surface area contributed by atoms with Crippen molar-refractivity contribution in [2.24, 2.45) is 11.8 Å². The Balaban J connectivity index is 1.50. The van der Waals surface area contributed by atoms with Crippen molar-refractivity contribution in [1.29, 1.82) is 0 Å². The van der Waals surface area contributed by atoms with Crippen molar-refractivity contribution in [3.05, 3.63) is 0 Å². The van der Waals surface area contributed by atoms with Gasteiger partial charge in [0, 0.05) is 29.3 Å². The van der Waals surface area contributed by atoms with Crippen LogP contribution in [0.5, 0.6) is 0 Å². The molecule has 0 spiro atoms. The molecule has 3 unspecified atom stereocenters. The maximum Gasteiger partial charge on any atom is 0.0700 e. The van der Waals surface area contributed by atoms with Gasteiger partial charge in [-0.05, 0) is 31.1 Å². The quantitative estimate of drug-likeness (QED) is 0.739. The van der Waals surface area contributed by atoms with Gasteiger partial charge in [0.2, 0.25) is 0 Å². The molecule has 3 aliphatic rings. The molecule has 116 valence electrons. The summed E-state index contributed by atoms with van der Waals surface area (Å²) in [6.45, 7) is 3.24. The molecule has 0 N–H and O–H groups in total. The van der Waals surface area contributed by atoms with E-state index in [1.807, 2.05) is 23.5 Å². The summed E-state index contributed by atoms with van der Waals surface area (Å²) in [7, 11) is 0. The average Bonchev–Trinajstić information content (AvgIpc) is 3.08. The number of hydrogen-bond acceptors (Lipinski definition) is 5. The molecule has 0 aromatic heterocycles. The van der Waals surface area contributed by atoms with Crippen LogP contribution in [0, 0.1) is 11.8 Å². The first-order valence-corrected chi connectivity index (χ1v) is 10.3. The Hall–Kier alpha value is 0.580. The molecule has 20 heavy (non-hydrogen) atoms. The van der Waals surface area contributed by atoms with Crippen LogP contribution in [0.25, 0.3) is 0 Å². The topological polar surface area (TPSA) is 21.7 Å². The summed E-state index contributed by atoms with van der Waals surface area (Å²) in [5.41, 5.74) is 0. The Morgan fingerprint density at radius 3 is 2.05 bits per heavy atom. The highest BCUT2D eigenvalue weighted by molar-refractivity contribution is 8.00. The van der Waals surface area contributed by atoms with Crippen molar-refractivity contribution in [3.63, 3.8) is 0 Å². The molecule has 0 radical (unpaired) electrons. The Labute approximate surface area is 131 Å². The molecule has 1 heterocycles. The van der Waals surface area contributed by atoms with E-state index in [1.165, 1.54) is 37.4 Å². The summed E-state index contributed by atoms with van der Waals surface area (Å²) in [5, 5.41) is 0. The number of ether oxygens (including phenoxy) is 2. The van der Waals surface area contributed by atoms with Gasteiger partial charge in [0.05, 0.1) is 26.4 Å². The summed E-state index contributed by atoms with van der Waals surface area (Å²) in [4.78, 5) is 2.75. The number of nitrogens with zero attached hydrogens (tertiary/aromatic N) is 1. The van der Waals surface area contributed by atoms with E-state index in [9.17, 15) is 0 Å². The van der Waals surface area contributed by atoms with Crippen molar-refractivity contribution in [2.75, 3.05) is 49.7 Å². The molecule has 2 aliphatic carbocycles. The third kappa shape index (κ3) is 4.29. The SMILES string of the molecule is C1COCCSCN(C2CC3CCC2C3)CSCCO1. The number of rotatable bonds is 1. The largest absolute Gasteiger partial charge is 0.378 e. The van der Waals surface area contributed by atoms with Crippen LogP contribution in [-0.4, -0.2) is 60.6 Å². The molecule has 5 heteroatoms. The molecule has 3 fully saturated rings. The average molecular weight is 318 g/mol. The van der Waals surface area contributed by atoms with Gasteiger partial charge in [-0.3, -0.25) is 4.90 Å². The first kappa shape index (κ1) is 15.5. The van der Waals surface area contributed by atoms with Gasteiger partial charge in [0.25, 0.3) is 0 Å². The van der Waals surface area contributed by atoms with Gasteiger partial charge >= 0.3 is 0 Å². The van der Waals surface area contributed by atoms with Gasteiger partial charge < -0.3 is 9.47 Å². The van der Waals surface area contributed by atoms with Crippen LogP contribution >= 0.6 is 23.5 Å². The van der Waals surface area contributed by atoms with E-state index in [0.29, 0.717) is 0 Å². The minimum atomic E-state index is 0.751. The predicted molar refractivity (Wildman–Crippen MR) is 87.4 cm³/mol. The second-order valence-corrected chi connectivity index (χ2v) is 8.28. The van der Waals surface area contributed by atoms with Crippen molar-refractivity contribution in [2.45, 2.75) is 31.7 Å². The highest BCUT2D eigenvalue weighted by atomic mass is 32.2. The van der Waals surface area contributed by atoms with Crippen LogP contribution in [0.1, 0.15) is 25.7 Å². The lowest BCUT2D eigenvalue weighted by Gasteiger charge is -2.34. The van der Waals surface area contributed by atoms with Crippen LogP contribution in [0.2, 0.25) is 0 Å². The minimum Gasteiger partial charge on any atom is -0.378 e. The first-order valence-electron chi connectivity index (χ1n) is 7.98. The minimum absolute atomic E-state index is 0.751. The monoisotopic (exact) mass is 317 g/mol. The number of thioether (sulfide) groups is 2. The van der Waals surface area contributed by atoms with Crippen molar-refractivity contribution in [3.8, 4) is 0 Å². The van der Waals surface area contributed by atoms with Gasteiger partial charge in [0.15, 0.2) is 0 Å². The lowest BCUT2D eigenvalue weighted by molar-refractivity contribution is 0.0605. The Morgan fingerprint density at radius 2 is 1.50 bits per heavy atom. The van der Waals surface area contributed by atoms with Crippen LogP contribution in [0.15, 0.2) is 0 Å². The molecule has 1 aliphatic heterocycles. The van der Waals surface area contributed by atoms with Crippen LogP contribution in [0.4, 0.5) is 0 Å². The zero-order chi connectivity index (χ0) is 13.6. The molecular formula is C15H27NO2S2. The van der Waals surface area contributed by atoms with Crippen molar-refractivity contribution in [1.82, 2.24) is 4.90 Å². The normalized spacial score (nSPS) is 38.1. The standard InChI is InChI=1S/C15H27NO2S2/c1-2-14-9-13(1)10-15(14)16-11-19-7-5-17-3-4-18-6-8-20-12-16/h13-15H,1-12H2. The molecule has 3 nitrogen and oxygen atoms in total. The predicted octanol–water partition coefficient (Wildman–Crippen LogP) is 2.91. The van der Waals surface area contributed by atoms with Gasteiger partial charge in [-0.15, -0.1) is 23.5 Å². The van der Waals surface area contributed by atoms with E-state index < -0.39 is 0 Å². The highest BCUT2D eigenvalue weighted by Gasteiger charge is 2.42. The molecule has 0 aromatic carbocycles. The summed E-state index contributed by atoms with van der Waals surface area (Å²) in [5.74, 6) is 6.63. The zero-order valence-electron chi connectivity index (χ0n) is 12.3. The van der Waals surface area contributed by atoms with Gasteiger partial charge in [-0.1, -0.05) is 6.42 Å². The van der Waals surface area contributed by atoms with E-state index in [0.717, 1.165) is 55.8 Å². The zero-order valence-corrected chi connectivity index (χ0v) is 13.9.